The maximum absolute atomic E-state index is 12.6. The molecule has 2 aliphatic rings. The summed E-state index contributed by atoms with van der Waals surface area (Å²) < 4.78 is 0. The van der Waals surface area contributed by atoms with Crippen LogP contribution < -0.4 is 0 Å². The Morgan fingerprint density at radius 1 is 1.16 bits per heavy atom. The van der Waals surface area contributed by atoms with Crippen LogP contribution in [0.1, 0.15) is 40.0 Å². The number of rotatable bonds is 1. The van der Waals surface area contributed by atoms with E-state index in [-0.39, 0.29) is 12.1 Å². The van der Waals surface area contributed by atoms with Gasteiger partial charge in [-0.15, -0.1) is 0 Å². The molecule has 1 N–H and O–H groups in total. The molecule has 2 amide bonds. The Labute approximate surface area is 114 Å². The highest BCUT2D eigenvalue weighted by Crippen LogP contribution is 2.29. The van der Waals surface area contributed by atoms with Crippen molar-refractivity contribution in [2.75, 3.05) is 13.1 Å². The van der Waals surface area contributed by atoms with E-state index in [0.29, 0.717) is 24.8 Å². The fraction of sp³-hybridized carbons (Fsp3) is 0.857. The molecule has 2 aliphatic heterocycles. The number of urea groups is 1. The molecule has 0 aromatic carbocycles. The van der Waals surface area contributed by atoms with Gasteiger partial charge >= 0.3 is 12.0 Å². The number of likely N-dealkylation sites (tertiary alicyclic amines) is 2. The number of carbonyl (C=O) groups is 2. The predicted octanol–water partition coefficient (Wildman–Crippen LogP) is 2.02. The van der Waals surface area contributed by atoms with E-state index in [1.165, 1.54) is 0 Å². The highest BCUT2D eigenvalue weighted by Gasteiger charge is 2.40. The SMILES string of the molecule is CC1CC(C)C(C)N(C(=O)N2CCC[C@H]2C(=O)O)C1. The zero-order chi connectivity index (χ0) is 14.2. The lowest BCUT2D eigenvalue weighted by Gasteiger charge is -2.43. The van der Waals surface area contributed by atoms with Crippen molar-refractivity contribution >= 4 is 12.0 Å². The van der Waals surface area contributed by atoms with Crippen LogP contribution in [0.2, 0.25) is 0 Å². The number of hydrogen-bond donors (Lipinski definition) is 1. The summed E-state index contributed by atoms with van der Waals surface area (Å²) in [6.45, 7) is 7.70. The van der Waals surface area contributed by atoms with E-state index < -0.39 is 12.0 Å². The number of amides is 2. The van der Waals surface area contributed by atoms with Crippen molar-refractivity contribution in [3.8, 4) is 0 Å². The number of aliphatic carboxylic acids is 1. The maximum atomic E-state index is 12.6. The second kappa shape index (κ2) is 5.39. The molecule has 19 heavy (non-hydrogen) atoms. The lowest BCUT2D eigenvalue weighted by Crippen LogP contribution is -2.55. The second-order valence-corrected chi connectivity index (χ2v) is 6.18. The van der Waals surface area contributed by atoms with Gasteiger partial charge in [0.05, 0.1) is 0 Å². The van der Waals surface area contributed by atoms with Crippen molar-refractivity contribution in [3.05, 3.63) is 0 Å². The molecule has 5 heteroatoms. The summed E-state index contributed by atoms with van der Waals surface area (Å²) in [6.07, 6.45) is 2.50. The Morgan fingerprint density at radius 3 is 2.47 bits per heavy atom. The molecule has 2 saturated heterocycles. The third-order valence-electron chi connectivity index (χ3n) is 4.63. The first kappa shape index (κ1) is 14.2. The number of carboxylic acids is 1. The molecule has 0 bridgehead atoms. The van der Waals surface area contributed by atoms with E-state index in [9.17, 15) is 14.7 Å². The molecule has 0 aliphatic carbocycles. The van der Waals surface area contributed by atoms with Gasteiger partial charge in [-0.2, -0.15) is 0 Å². The van der Waals surface area contributed by atoms with E-state index in [1.54, 1.807) is 4.90 Å². The van der Waals surface area contributed by atoms with Crippen LogP contribution in [0.5, 0.6) is 0 Å². The van der Waals surface area contributed by atoms with E-state index in [2.05, 4.69) is 20.8 Å². The summed E-state index contributed by atoms with van der Waals surface area (Å²) in [5.41, 5.74) is 0. The van der Waals surface area contributed by atoms with Gasteiger partial charge in [0.25, 0.3) is 0 Å². The van der Waals surface area contributed by atoms with Crippen LogP contribution in [-0.2, 0) is 4.79 Å². The molecule has 0 radical (unpaired) electrons. The van der Waals surface area contributed by atoms with E-state index in [0.717, 1.165) is 19.4 Å². The van der Waals surface area contributed by atoms with Crippen LogP contribution in [0.15, 0.2) is 0 Å². The van der Waals surface area contributed by atoms with Crippen LogP contribution in [0, 0.1) is 11.8 Å². The second-order valence-electron chi connectivity index (χ2n) is 6.18. The fourth-order valence-electron chi connectivity index (χ4n) is 3.39. The standard InChI is InChI=1S/C14H24N2O3/c1-9-7-10(2)11(3)16(8-9)14(19)15-6-4-5-12(15)13(17)18/h9-12H,4-8H2,1-3H3,(H,17,18)/t9?,10?,11?,12-/m0/s1. The van der Waals surface area contributed by atoms with E-state index in [4.69, 9.17) is 0 Å². The summed E-state index contributed by atoms with van der Waals surface area (Å²) in [4.78, 5) is 27.2. The van der Waals surface area contributed by atoms with Crippen molar-refractivity contribution < 1.29 is 14.7 Å². The summed E-state index contributed by atoms with van der Waals surface area (Å²) in [7, 11) is 0. The van der Waals surface area contributed by atoms with Crippen molar-refractivity contribution in [1.82, 2.24) is 9.80 Å². The number of hydrogen-bond acceptors (Lipinski definition) is 2. The Balaban J connectivity index is 2.11. The summed E-state index contributed by atoms with van der Waals surface area (Å²) in [5, 5.41) is 9.19. The molecule has 5 nitrogen and oxygen atoms in total. The number of carbonyl (C=O) groups excluding carboxylic acids is 1. The Kier molecular flexibility index (Phi) is 4.02. The average molecular weight is 268 g/mol. The third-order valence-corrected chi connectivity index (χ3v) is 4.63. The molecular weight excluding hydrogens is 244 g/mol. The Morgan fingerprint density at radius 2 is 1.84 bits per heavy atom. The quantitative estimate of drug-likeness (QED) is 0.791. The van der Waals surface area contributed by atoms with Crippen molar-refractivity contribution in [1.29, 1.82) is 0 Å². The van der Waals surface area contributed by atoms with Gasteiger partial charge in [0.15, 0.2) is 0 Å². The lowest BCUT2D eigenvalue weighted by molar-refractivity contribution is -0.141. The molecule has 0 spiro atoms. The molecule has 2 heterocycles. The first-order valence-electron chi connectivity index (χ1n) is 7.21. The van der Waals surface area contributed by atoms with Gasteiger partial charge in [-0.25, -0.2) is 9.59 Å². The van der Waals surface area contributed by atoms with Gasteiger partial charge in [0.1, 0.15) is 6.04 Å². The molecule has 2 rings (SSSR count). The van der Waals surface area contributed by atoms with Gasteiger partial charge in [-0.1, -0.05) is 13.8 Å². The molecule has 4 atom stereocenters. The highest BCUT2D eigenvalue weighted by atomic mass is 16.4. The summed E-state index contributed by atoms with van der Waals surface area (Å²) in [5.74, 6) is 0.0798. The van der Waals surface area contributed by atoms with Crippen LogP contribution in [0.3, 0.4) is 0 Å². The van der Waals surface area contributed by atoms with Crippen LogP contribution in [-0.4, -0.2) is 52.1 Å². The van der Waals surface area contributed by atoms with Crippen LogP contribution >= 0.6 is 0 Å². The smallest absolute Gasteiger partial charge is 0.326 e. The molecule has 108 valence electrons. The monoisotopic (exact) mass is 268 g/mol. The molecular formula is C14H24N2O3. The number of piperidine rings is 1. The molecule has 0 saturated carbocycles. The maximum Gasteiger partial charge on any atom is 0.326 e. The largest absolute Gasteiger partial charge is 0.480 e. The Hall–Kier alpha value is -1.26. The molecule has 0 aromatic heterocycles. The van der Waals surface area contributed by atoms with Crippen LogP contribution in [0.25, 0.3) is 0 Å². The van der Waals surface area contributed by atoms with Gasteiger partial charge in [-0.3, -0.25) is 0 Å². The lowest BCUT2D eigenvalue weighted by atomic mass is 9.86. The number of nitrogens with zero attached hydrogens (tertiary/aromatic N) is 2. The molecule has 0 aromatic rings. The summed E-state index contributed by atoms with van der Waals surface area (Å²) in [6, 6.07) is -0.526. The van der Waals surface area contributed by atoms with Crippen molar-refractivity contribution in [2.45, 2.75) is 52.1 Å². The van der Waals surface area contributed by atoms with Crippen molar-refractivity contribution in [3.63, 3.8) is 0 Å². The topological polar surface area (TPSA) is 60.9 Å². The highest BCUT2D eigenvalue weighted by molar-refractivity contribution is 5.83. The first-order chi connectivity index (χ1) is 8.91. The first-order valence-corrected chi connectivity index (χ1v) is 7.21. The van der Waals surface area contributed by atoms with Gasteiger partial charge in [0, 0.05) is 19.1 Å². The molecule has 3 unspecified atom stereocenters. The minimum Gasteiger partial charge on any atom is -0.480 e. The van der Waals surface area contributed by atoms with E-state index in [1.807, 2.05) is 4.90 Å². The number of carboxylic acid groups (broad SMARTS) is 1. The van der Waals surface area contributed by atoms with Gasteiger partial charge in [-0.05, 0) is 38.0 Å². The van der Waals surface area contributed by atoms with Gasteiger partial charge in [0.2, 0.25) is 0 Å². The van der Waals surface area contributed by atoms with E-state index >= 15 is 0 Å². The summed E-state index contributed by atoms with van der Waals surface area (Å²) >= 11 is 0. The van der Waals surface area contributed by atoms with Crippen LogP contribution in [0.4, 0.5) is 4.79 Å². The fourth-order valence-corrected chi connectivity index (χ4v) is 3.39. The Bertz CT molecular complexity index is 372. The normalized spacial score (nSPS) is 35.5. The molecule has 2 fully saturated rings. The zero-order valence-corrected chi connectivity index (χ0v) is 12.0. The minimum atomic E-state index is -0.878. The zero-order valence-electron chi connectivity index (χ0n) is 12.0. The predicted molar refractivity (Wildman–Crippen MR) is 71.9 cm³/mol. The average Bonchev–Trinajstić information content (AvgIpc) is 2.82. The minimum absolute atomic E-state index is 0.0872. The third kappa shape index (κ3) is 2.69. The van der Waals surface area contributed by atoms with Crippen molar-refractivity contribution in [2.24, 2.45) is 11.8 Å². The van der Waals surface area contributed by atoms with Gasteiger partial charge < -0.3 is 14.9 Å².